The van der Waals surface area contributed by atoms with Crippen LogP contribution in [0.5, 0.6) is 0 Å². The first-order chi connectivity index (χ1) is 14.7. The molecular weight excluding hydrogens is 412 g/mol. The molecule has 3 rings (SSSR count). The van der Waals surface area contributed by atoms with E-state index in [1.807, 2.05) is 36.1 Å². The van der Waals surface area contributed by atoms with Crippen molar-refractivity contribution in [2.45, 2.75) is 64.2 Å². The van der Waals surface area contributed by atoms with Gasteiger partial charge in [-0.3, -0.25) is 4.79 Å². The zero-order chi connectivity index (χ0) is 22.5. The number of aliphatic imine (C=N–C) groups is 1. The molecule has 2 aliphatic rings. The van der Waals surface area contributed by atoms with E-state index in [1.54, 1.807) is 13.8 Å². The fourth-order valence-corrected chi connectivity index (χ4v) is 5.64. The van der Waals surface area contributed by atoms with Gasteiger partial charge in [0.25, 0.3) is 0 Å². The molecule has 0 atom stereocenters. The maximum absolute atomic E-state index is 12.5. The van der Waals surface area contributed by atoms with Crippen LogP contribution in [0.15, 0.2) is 29.3 Å². The molecule has 1 saturated heterocycles. The second-order valence-corrected chi connectivity index (χ2v) is 11.9. The first-order valence-electron chi connectivity index (χ1n) is 11.4. The molecule has 2 N–H and O–H groups in total. The van der Waals surface area contributed by atoms with E-state index in [-0.39, 0.29) is 17.6 Å². The molecule has 8 heteroatoms. The fraction of sp³-hybridized carbons (Fsp3) is 0.652. The third-order valence-electron chi connectivity index (χ3n) is 6.26. The first kappa shape index (κ1) is 23.6. The quantitative estimate of drug-likeness (QED) is 0.533. The minimum Gasteiger partial charge on any atom is -0.357 e. The highest BCUT2D eigenvalue weighted by Gasteiger charge is 2.40. The van der Waals surface area contributed by atoms with Crippen molar-refractivity contribution in [3.8, 4) is 0 Å². The number of rotatable bonds is 5. The minimum atomic E-state index is -3.10. The van der Waals surface area contributed by atoms with Gasteiger partial charge in [-0.25, -0.2) is 13.4 Å². The summed E-state index contributed by atoms with van der Waals surface area (Å²) in [5.41, 5.74) is 1.80. The Hall–Kier alpha value is -2.09. The molecule has 1 amide bonds. The van der Waals surface area contributed by atoms with Crippen LogP contribution in [0.4, 0.5) is 5.69 Å². The van der Waals surface area contributed by atoms with Gasteiger partial charge in [0.05, 0.1) is 17.0 Å². The number of amides is 1. The Bertz CT molecular complexity index is 905. The van der Waals surface area contributed by atoms with E-state index in [4.69, 9.17) is 4.99 Å². The fourth-order valence-electron chi connectivity index (χ4n) is 4.27. The van der Waals surface area contributed by atoms with Crippen LogP contribution in [0.2, 0.25) is 0 Å². The SMILES string of the molecule is CCNC(=NCc1cccc(NC(=O)C2CCCCC2)c1)N1CCS(=O)(=O)C(C)(C)C1. The number of guanidine groups is 1. The summed E-state index contributed by atoms with van der Waals surface area (Å²) < 4.78 is 23.9. The van der Waals surface area contributed by atoms with Gasteiger partial charge in [0.2, 0.25) is 5.91 Å². The molecular formula is C23H36N4O3S. The minimum absolute atomic E-state index is 0.116. The van der Waals surface area contributed by atoms with E-state index in [9.17, 15) is 13.2 Å². The molecule has 0 aromatic heterocycles. The molecule has 1 aromatic rings. The van der Waals surface area contributed by atoms with Crippen molar-refractivity contribution in [3.05, 3.63) is 29.8 Å². The van der Waals surface area contributed by atoms with Crippen LogP contribution in [-0.2, 0) is 21.2 Å². The van der Waals surface area contributed by atoms with Crippen LogP contribution in [-0.4, -0.2) is 55.3 Å². The summed E-state index contributed by atoms with van der Waals surface area (Å²) in [4.78, 5) is 19.3. The van der Waals surface area contributed by atoms with Crippen molar-refractivity contribution in [1.29, 1.82) is 0 Å². The highest BCUT2D eigenvalue weighted by atomic mass is 32.2. The largest absolute Gasteiger partial charge is 0.357 e. The van der Waals surface area contributed by atoms with Crippen LogP contribution >= 0.6 is 0 Å². The maximum atomic E-state index is 12.5. The van der Waals surface area contributed by atoms with Crippen LogP contribution in [0.3, 0.4) is 0 Å². The molecule has 31 heavy (non-hydrogen) atoms. The Labute approximate surface area is 186 Å². The average molecular weight is 449 g/mol. The Morgan fingerprint density at radius 1 is 1.23 bits per heavy atom. The summed E-state index contributed by atoms with van der Waals surface area (Å²) in [6.07, 6.45) is 5.45. The Balaban J connectivity index is 1.67. The zero-order valence-electron chi connectivity index (χ0n) is 19.0. The number of hydrogen-bond donors (Lipinski definition) is 2. The van der Waals surface area contributed by atoms with Gasteiger partial charge < -0.3 is 15.5 Å². The number of nitrogens with one attached hydrogen (secondary N) is 2. The van der Waals surface area contributed by atoms with Crippen molar-refractivity contribution in [2.24, 2.45) is 10.9 Å². The lowest BCUT2D eigenvalue weighted by Crippen LogP contribution is -2.57. The van der Waals surface area contributed by atoms with E-state index in [0.717, 1.165) is 42.9 Å². The van der Waals surface area contributed by atoms with Crippen molar-refractivity contribution in [3.63, 3.8) is 0 Å². The van der Waals surface area contributed by atoms with E-state index < -0.39 is 14.6 Å². The lowest BCUT2D eigenvalue weighted by Gasteiger charge is -2.39. The van der Waals surface area contributed by atoms with Crippen molar-refractivity contribution >= 4 is 27.4 Å². The van der Waals surface area contributed by atoms with Gasteiger partial charge in [-0.1, -0.05) is 31.4 Å². The van der Waals surface area contributed by atoms with E-state index in [2.05, 4.69) is 10.6 Å². The Kier molecular flexibility index (Phi) is 7.62. The number of nitrogens with zero attached hydrogens (tertiary/aromatic N) is 2. The van der Waals surface area contributed by atoms with Crippen LogP contribution < -0.4 is 10.6 Å². The van der Waals surface area contributed by atoms with E-state index >= 15 is 0 Å². The highest BCUT2D eigenvalue weighted by molar-refractivity contribution is 7.92. The van der Waals surface area contributed by atoms with Crippen molar-refractivity contribution in [2.75, 3.05) is 30.7 Å². The van der Waals surface area contributed by atoms with E-state index in [0.29, 0.717) is 26.2 Å². The second kappa shape index (κ2) is 10.0. The van der Waals surface area contributed by atoms with Crippen molar-refractivity contribution in [1.82, 2.24) is 10.2 Å². The summed E-state index contributed by atoms with van der Waals surface area (Å²) in [6, 6.07) is 7.81. The summed E-state index contributed by atoms with van der Waals surface area (Å²) in [6.45, 7) is 7.57. The van der Waals surface area contributed by atoms with Gasteiger partial charge >= 0.3 is 0 Å². The summed E-state index contributed by atoms with van der Waals surface area (Å²) in [5.74, 6) is 1.09. The number of carbonyl (C=O) groups is 1. The summed E-state index contributed by atoms with van der Waals surface area (Å²) in [5, 5.41) is 6.36. The molecule has 0 unspecified atom stereocenters. The normalized spacial score (nSPS) is 21.5. The molecule has 7 nitrogen and oxygen atoms in total. The number of sulfone groups is 1. The molecule has 0 spiro atoms. The van der Waals surface area contributed by atoms with Crippen LogP contribution in [0, 0.1) is 5.92 Å². The number of hydrogen-bond acceptors (Lipinski definition) is 4. The zero-order valence-corrected chi connectivity index (χ0v) is 19.8. The summed E-state index contributed by atoms with van der Waals surface area (Å²) in [7, 11) is -3.10. The van der Waals surface area contributed by atoms with Gasteiger partial charge in [0, 0.05) is 31.2 Å². The molecule has 1 aromatic carbocycles. The number of carbonyl (C=O) groups excluding carboxylic acids is 1. The lowest BCUT2D eigenvalue weighted by molar-refractivity contribution is -0.120. The Morgan fingerprint density at radius 2 is 1.97 bits per heavy atom. The topological polar surface area (TPSA) is 90.9 Å². The molecule has 1 heterocycles. The first-order valence-corrected chi connectivity index (χ1v) is 13.0. The van der Waals surface area contributed by atoms with Gasteiger partial charge in [-0.15, -0.1) is 0 Å². The van der Waals surface area contributed by atoms with Crippen LogP contribution in [0.1, 0.15) is 58.4 Å². The van der Waals surface area contributed by atoms with Gasteiger partial charge in [0.1, 0.15) is 0 Å². The molecule has 2 fully saturated rings. The summed E-state index contributed by atoms with van der Waals surface area (Å²) >= 11 is 0. The number of benzene rings is 1. The average Bonchev–Trinajstić information content (AvgIpc) is 2.74. The predicted molar refractivity (Wildman–Crippen MR) is 126 cm³/mol. The van der Waals surface area contributed by atoms with Gasteiger partial charge in [0.15, 0.2) is 15.8 Å². The molecule has 0 radical (unpaired) electrons. The molecule has 1 aliphatic heterocycles. The van der Waals surface area contributed by atoms with Gasteiger partial charge in [-0.2, -0.15) is 0 Å². The van der Waals surface area contributed by atoms with Gasteiger partial charge in [-0.05, 0) is 51.3 Å². The Morgan fingerprint density at radius 3 is 2.65 bits per heavy atom. The monoisotopic (exact) mass is 448 g/mol. The van der Waals surface area contributed by atoms with Crippen molar-refractivity contribution < 1.29 is 13.2 Å². The lowest BCUT2D eigenvalue weighted by atomic mass is 9.88. The molecule has 172 valence electrons. The van der Waals surface area contributed by atoms with E-state index in [1.165, 1.54) is 6.42 Å². The predicted octanol–water partition coefficient (Wildman–Crippen LogP) is 3.18. The van der Waals surface area contributed by atoms with Crippen LogP contribution in [0.25, 0.3) is 0 Å². The molecule has 0 bridgehead atoms. The number of anilines is 1. The molecule has 1 saturated carbocycles. The molecule has 1 aliphatic carbocycles. The smallest absolute Gasteiger partial charge is 0.227 e. The maximum Gasteiger partial charge on any atom is 0.227 e. The highest BCUT2D eigenvalue weighted by Crippen LogP contribution is 2.26. The third kappa shape index (κ3) is 5.99. The second-order valence-electron chi connectivity index (χ2n) is 9.19. The third-order valence-corrected chi connectivity index (χ3v) is 8.79. The standard InChI is InChI=1S/C23H36N4O3S/c1-4-24-22(27-13-14-31(29,30)23(2,3)17-27)25-16-18-9-8-12-20(15-18)26-21(28)19-10-6-5-7-11-19/h8-9,12,15,19H,4-7,10-11,13-14,16-17H2,1-3H3,(H,24,25)(H,26,28).